The highest BCUT2D eigenvalue weighted by atomic mass is 16.5. The van der Waals surface area contributed by atoms with Crippen LogP contribution in [0.25, 0.3) is 0 Å². The molecule has 0 radical (unpaired) electrons. The Bertz CT molecular complexity index is 659. The van der Waals surface area contributed by atoms with Crippen molar-refractivity contribution < 1.29 is 9.47 Å². The van der Waals surface area contributed by atoms with Crippen LogP contribution in [0.5, 0.6) is 11.5 Å². The Labute approximate surface area is 163 Å². The molecule has 3 atom stereocenters. The quantitative estimate of drug-likeness (QED) is 0.879. The van der Waals surface area contributed by atoms with Crippen molar-refractivity contribution in [3.63, 3.8) is 0 Å². The van der Waals surface area contributed by atoms with Crippen LogP contribution >= 0.6 is 0 Å². The number of ether oxygens (including phenoxy) is 2. The highest BCUT2D eigenvalue weighted by Crippen LogP contribution is 2.51. The summed E-state index contributed by atoms with van der Waals surface area (Å²) in [5, 5.41) is 0. The van der Waals surface area contributed by atoms with Crippen molar-refractivity contribution in [3.8, 4) is 11.5 Å². The summed E-state index contributed by atoms with van der Waals surface area (Å²) in [5.41, 5.74) is 8.08. The molecule has 27 heavy (non-hydrogen) atoms. The van der Waals surface area contributed by atoms with E-state index in [0.717, 1.165) is 24.3 Å². The molecule has 3 fully saturated rings. The van der Waals surface area contributed by atoms with Crippen molar-refractivity contribution >= 4 is 0 Å². The topological polar surface area (TPSA) is 51.0 Å². The van der Waals surface area contributed by atoms with E-state index in [1.54, 1.807) is 14.2 Å². The highest BCUT2D eigenvalue weighted by Gasteiger charge is 2.52. The van der Waals surface area contributed by atoms with Crippen LogP contribution in [0.15, 0.2) is 18.2 Å². The molecule has 1 aromatic carbocycles. The molecule has 1 aliphatic carbocycles. The summed E-state index contributed by atoms with van der Waals surface area (Å²) >= 11 is 0. The molecule has 5 heteroatoms. The number of hydrogen-bond acceptors (Lipinski definition) is 5. The molecule has 150 valence electrons. The predicted molar refractivity (Wildman–Crippen MR) is 109 cm³/mol. The molecule has 1 aromatic rings. The molecule has 5 nitrogen and oxygen atoms in total. The molecule has 3 aliphatic rings. The minimum absolute atomic E-state index is 0.207. The molecular formula is C22H35N3O2. The van der Waals surface area contributed by atoms with Gasteiger partial charge in [0.2, 0.25) is 0 Å². The average molecular weight is 374 g/mol. The molecule has 0 bridgehead atoms. The second kappa shape index (κ2) is 7.61. The molecule has 1 saturated carbocycles. The number of fused-ring (bicyclic) bond motifs is 1. The highest BCUT2D eigenvalue weighted by molar-refractivity contribution is 5.46. The maximum Gasteiger partial charge on any atom is 0.161 e. The van der Waals surface area contributed by atoms with Gasteiger partial charge in [0, 0.05) is 23.5 Å². The molecule has 3 unspecified atom stereocenters. The number of benzene rings is 1. The maximum absolute atomic E-state index is 6.46. The monoisotopic (exact) mass is 373 g/mol. The summed E-state index contributed by atoms with van der Waals surface area (Å²) in [7, 11) is 5.67. The summed E-state index contributed by atoms with van der Waals surface area (Å²) in [6.07, 6.45) is 7.20. The lowest BCUT2D eigenvalue weighted by atomic mass is 9.65. The largest absolute Gasteiger partial charge is 0.493 e. The van der Waals surface area contributed by atoms with Crippen molar-refractivity contribution in [1.29, 1.82) is 0 Å². The van der Waals surface area contributed by atoms with Gasteiger partial charge in [-0.3, -0.25) is 4.90 Å². The first-order valence-corrected chi connectivity index (χ1v) is 10.5. The van der Waals surface area contributed by atoms with Gasteiger partial charge in [0.05, 0.1) is 14.2 Å². The maximum atomic E-state index is 6.46. The molecule has 2 aliphatic heterocycles. The van der Waals surface area contributed by atoms with Crippen LogP contribution in [0.3, 0.4) is 0 Å². The standard InChI is InChI=1S/C22H35N3O2/c1-24-11-7-18(8-12-24)25-13-10-22(9-6-17(23)15-21(22)25)16-4-5-19(26-2)20(14-16)27-3/h4-5,14,17-18,21H,6-13,15,23H2,1-3H3. The average Bonchev–Trinajstić information content (AvgIpc) is 3.08. The van der Waals surface area contributed by atoms with Crippen molar-refractivity contribution in [3.05, 3.63) is 23.8 Å². The molecule has 4 rings (SSSR count). The third-order valence-electron chi connectivity index (χ3n) is 7.46. The fourth-order valence-corrected chi connectivity index (χ4v) is 5.86. The van der Waals surface area contributed by atoms with E-state index < -0.39 is 0 Å². The van der Waals surface area contributed by atoms with E-state index in [0.29, 0.717) is 18.1 Å². The van der Waals surface area contributed by atoms with Crippen LogP contribution in [0.2, 0.25) is 0 Å². The first-order valence-electron chi connectivity index (χ1n) is 10.5. The van der Waals surface area contributed by atoms with E-state index in [9.17, 15) is 0 Å². The van der Waals surface area contributed by atoms with Crippen molar-refractivity contribution in [2.24, 2.45) is 5.73 Å². The van der Waals surface area contributed by atoms with Gasteiger partial charge in [0.15, 0.2) is 11.5 Å². The van der Waals surface area contributed by atoms with Crippen LogP contribution in [-0.4, -0.2) is 68.8 Å². The summed E-state index contributed by atoms with van der Waals surface area (Å²) < 4.78 is 11.1. The molecule has 2 saturated heterocycles. The fourth-order valence-electron chi connectivity index (χ4n) is 5.86. The van der Waals surface area contributed by atoms with Gasteiger partial charge in [-0.15, -0.1) is 0 Å². The van der Waals surface area contributed by atoms with Crippen LogP contribution in [0, 0.1) is 0 Å². The van der Waals surface area contributed by atoms with Gasteiger partial charge in [-0.1, -0.05) is 6.07 Å². The van der Waals surface area contributed by atoms with Crippen LogP contribution in [-0.2, 0) is 5.41 Å². The summed E-state index contributed by atoms with van der Waals surface area (Å²) in [6.45, 7) is 3.62. The summed E-state index contributed by atoms with van der Waals surface area (Å²) in [4.78, 5) is 5.28. The summed E-state index contributed by atoms with van der Waals surface area (Å²) in [6, 6.07) is 8.15. The number of nitrogens with two attached hydrogens (primary N) is 1. The SMILES string of the molecule is COc1ccc(C23CCC(N)CC2N(C2CCN(C)CC2)CC3)cc1OC. The Morgan fingerprint density at radius 3 is 2.44 bits per heavy atom. The van der Waals surface area contributed by atoms with E-state index in [1.165, 1.54) is 50.9 Å². The first kappa shape index (κ1) is 19.0. The lowest BCUT2D eigenvalue weighted by Crippen LogP contribution is -2.54. The molecular weight excluding hydrogens is 338 g/mol. The van der Waals surface area contributed by atoms with E-state index >= 15 is 0 Å². The minimum Gasteiger partial charge on any atom is -0.493 e. The van der Waals surface area contributed by atoms with Gasteiger partial charge in [-0.2, -0.15) is 0 Å². The minimum atomic E-state index is 0.207. The Hall–Kier alpha value is -1.30. The third kappa shape index (κ3) is 3.34. The van der Waals surface area contributed by atoms with Gasteiger partial charge >= 0.3 is 0 Å². The molecule has 2 N–H and O–H groups in total. The van der Waals surface area contributed by atoms with Gasteiger partial charge in [0.1, 0.15) is 0 Å². The van der Waals surface area contributed by atoms with E-state index in [1.807, 2.05) is 0 Å². The van der Waals surface area contributed by atoms with E-state index in [4.69, 9.17) is 15.2 Å². The van der Waals surface area contributed by atoms with Gasteiger partial charge < -0.3 is 20.1 Å². The normalized spacial score (nSPS) is 33.0. The van der Waals surface area contributed by atoms with E-state index in [-0.39, 0.29) is 5.41 Å². The second-order valence-electron chi connectivity index (χ2n) is 8.80. The zero-order valence-corrected chi connectivity index (χ0v) is 17.1. The van der Waals surface area contributed by atoms with Crippen molar-refractivity contribution in [1.82, 2.24) is 9.80 Å². The Morgan fingerprint density at radius 2 is 1.74 bits per heavy atom. The Morgan fingerprint density at radius 1 is 1.00 bits per heavy atom. The number of hydrogen-bond donors (Lipinski definition) is 1. The molecule has 0 amide bonds. The summed E-state index contributed by atoms with van der Waals surface area (Å²) in [5.74, 6) is 1.66. The zero-order valence-electron chi connectivity index (χ0n) is 17.1. The lowest BCUT2D eigenvalue weighted by molar-refractivity contribution is 0.0703. The lowest BCUT2D eigenvalue weighted by Gasteiger charge is -2.47. The Balaban J connectivity index is 1.65. The second-order valence-corrected chi connectivity index (χ2v) is 8.80. The smallest absolute Gasteiger partial charge is 0.161 e. The predicted octanol–water partition coefficient (Wildman–Crippen LogP) is 2.62. The van der Waals surface area contributed by atoms with Crippen LogP contribution in [0.4, 0.5) is 0 Å². The van der Waals surface area contributed by atoms with Crippen molar-refractivity contribution in [2.75, 3.05) is 40.9 Å². The van der Waals surface area contributed by atoms with Crippen LogP contribution in [0.1, 0.15) is 44.1 Å². The number of nitrogens with zero attached hydrogens (tertiary/aromatic N) is 2. The fraction of sp³-hybridized carbons (Fsp3) is 0.727. The van der Waals surface area contributed by atoms with Gasteiger partial charge in [0.25, 0.3) is 0 Å². The molecule has 0 aromatic heterocycles. The third-order valence-corrected chi connectivity index (χ3v) is 7.46. The molecule has 0 spiro atoms. The number of piperidine rings is 1. The Kier molecular flexibility index (Phi) is 5.36. The van der Waals surface area contributed by atoms with Gasteiger partial charge in [-0.25, -0.2) is 0 Å². The number of rotatable bonds is 4. The number of likely N-dealkylation sites (tertiary alicyclic amines) is 2. The molecule has 2 heterocycles. The van der Waals surface area contributed by atoms with Gasteiger partial charge in [-0.05, 0) is 82.9 Å². The van der Waals surface area contributed by atoms with Crippen molar-refractivity contribution in [2.45, 2.75) is 62.1 Å². The zero-order chi connectivity index (χ0) is 19.0. The first-order chi connectivity index (χ1) is 13.1. The van der Waals surface area contributed by atoms with E-state index in [2.05, 4.69) is 35.0 Å². The van der Waals surface area contributed by atoms with Crippen LogP contribution < -0.4 is 15.2 Å². The number of methoxy groups -OCH3 is 2.